The predicted octanol–water partition coefficient (Wildman–Crippen LogP) is 0.215. The Morgan fingerprint density at radius 3 is 2.69 bits per heavy atom. The third-order valence-corrected chi connectivity index (χ3v) is 5.72. The van der Waals surface area contributed by atoms with Crippen molar-refractivity contribution in [1.82, 2.24) is 20.5 Å². The van der Waals surface area contributed by atoms with E-state index in [0.29, 0.717) is 30.3 Å². The number of nitrogens with two attached hydrogens (primary N) is 1. The summed E-state index contributed by atoms with van der Waals surface area (Å²) < 4.78 is 0. The molecule has 0 aromatic carbocycles. The third-order valence-electron chi connectivity index (χ3n) is 5.72. The minimum Gasteiger partial charge on any atom is -0.382 e. The molecule has 0 bridgehead atoms. The predicted molar refractivity (Wildman–Crippen MR) is 108 cm³/mol. The van der Waals surface area contributed by atoms with Gasteiger partial charge < -0.3 is 26.4 Å². The van der Waals surface area contributed by atoms with Gasteiger partial charge >= 0.3 is 0 Å². The van der Waals surface area contributed by atoms with Crippen LogP contribution in [0.15, 0.2) is 18.3 Å². The van der Waals surface area contributed by atoms with E-state index in [2.05, 4.69) is 15.6 Å². The number of aliphatic hydroxyl groups is 1. The molecule has 1 saturated heterocycles. The number of amides is 2. The molecule has 0 radical (unpaired) electrons. The van der Waals surface area contributed by atoms with E-state index in [1.54, 1.807) is 12.1 Å². The topological polar surface area (TPSA) is 144 Å². The van der Waals surface area contributed by atoms with E-state index < -0.39 is 11.6 Å². The number of hydrogen-bond acceptors (Lipinski definition) is 6. The minimum absolute atomic E-state index is 0.128. The minimum atomic E-state index is -1.82. The SMILES string of the molecule is N=C(N)c1ccc(CNC(=O)[C@@]2(O)CCCN2C(=O)CNC2CCCCC2)cn1. The molecule has 2 heterocycles. The van der Waals surface area contributed by atoms with E-state index in [1.807, 2.05) is 0 Å². The second-order valence-corrected chi connectivity index (χ2v) is 7.83. The fourth-order valence-corrected chi connectivity index (χ4v) is 4.02. The highest BCUT2D eigenvalue weighted by Gasteiger charge is 2.48. The van der Waals surface area contributed by atoms with Crippen LogP contribution < -0.4 is 16.4 Å². The second kappa shape index (κ2) is 9.32. The Balaban J connectivity index is 1.54. The van der Waals surface area contributed by atoms with Crippen LogP contribution in [0.25, 0.3) is 0 Å². The first kappa shape index (κ1) is 21.2. The maximum atomic E-state index is 12.7. The molecule has 2 aliphatic rings. The lowest BCUT2D eigenvalue weighted by Gasteiger charge is -2.33. The van der Waals surface area contributed by atoms with Crippen molar-refractivity contribution < 1.29 is 14.7 Å². The largest absolute Gasteiger partial charge is 0.382 e. The Bertz CT molecular complexity index is 747. The Morgan fingerprint density at radius 1 is 1.28 bits per heavy atom. The van der Waals surface area contributed by atoms with Crippen LogP contribution in [0.2, 0.25) is 0 Å². The van der Waals surface area contributed by atoms with Crippen LogP contribution in [-0.4, -0.2) is 57.5 Å². The highest BCUT2D eigenvalue weighted by molar-refractivity contribution is 5.93. The number of likely N-dealkylation sites (tertiary alicyclic amines) is 1. The molecule has 1 aliphatic heterocycles. The lowest BCUT2D eigenvalue weighted by molar-refractivity contribution is -0.167. The number of hydrogen-bond donors (Lipinski definition) is 5. The Hall–Kier alpha value is -2.52. The summed E-state index contributed by atoms with van der Waals surface area (Å²) in [7, 11) is 0. The molecule has 0 unspecified atom stereocenters. The first-order valence-electron chi connectivity index (χ1n) is 10.2. The molecule has 1 aliphatic carbocycles. The molecule has 6 N–H and O–H groups in total. The van der Waals surface area contributed by atoms with Gasteiger partial charge in [0.05, 0.1) is 6.54 Å². The van der Waals surface area contributed by atoms with Gasteiger partial charge in [-0.05, 0) is 30.9 Å². The van der Waals surface area contributed by atoms with Crippen LogP contribution in [0.1, 0.15) is 56.2 Å². The van der Waals surface area contributed by atoms with Crippen molar-refractivity contribution in [2.45, 2.75) is 63.3 Å². The molecule has 2 fully saturated rings. The van der Waals surface area contributed by atoms with E-state index in [9.17, 15) is 14.7 Å². The molecule has 9 heteroatoms. The number of amidine groups is 1. The zero-order chi connectivity index (χ0) is 20.9. The molecule has 3 rings (SSSR count). The number of nitrogens with zero attached hydrogens (tertiary/aromatic N) is 2. The standard InChI is InChI=1S/C20H30N6O3/c21-18(22)16-8-7-14(11-24-16)12-25-19(28)20(29)9-4-10-26(20)17(27)13-23-15-5-2-1-3-6-15/h7-8,11,15,23,29H,1-6,9-10,12-13H2,(H3,21,22)(H,25,28)/t20-/m0/s1. The van der Waals surface area contributed by atoms with Gasteiger partial charge in [0.15, 0.2) is 0 Å². The molecule has 0 spiro atoms. The summed E-state index contributed by atoms with van der Waals surface area (Å²) in [6.45, 7) is 0.662. The van der Waals surface area contributed by atoms with Crippen molar-refractivity contribution in [3.63, 3.8) is 0 Å². The average Bonchev–Trinajstić information content (AvgIpc) is 3.14. The van der Waals surface area contributed by atoms with Gasteiger partial charge in [-0.15, -0.1) is 0 Å². The summed E-state index contributed by atoms with van der Waals surface area (Å²) in [6.07, 6.45) is 8.03. The first-order valence-corrected chi connectivity index (χ1v) is 10.2. The van der Waals surface area contributed by atoms with Gasteiger partial charge in [-0.3, -0.25) is 20.0 Å². The molecular formula is C20H30N6O3. The highest BCUT2D eigenvalue weighted by Crippen LogP contribution is 2.27. The zero-order valence-electron chi connectivity index (χ0n) is 16.6. The van der Waals surface area contributed by atoms with Crippen molar-refractivity contribution in [1.29, 1.82) is 5.41 Å². The van der Waals surface area contributed by atoms with Gasteiger partial charge in [-0.25, -0.2) is 0 Å². The van der Waals surface area contributed by atoms with Crippen molar-refractivity contribution in [3.05, 3.63) is 29.6 Å². The van der Waals surface area contributed by atoms with Crippen LogP contribution in [0.5, 0.6) is 0 Å². The quantitative estimate of drug-likeness (QED) is 0.326. The van der Waals surface area contributed by atoms with Gasteiger partial charge in [0.25, 0.3) is 5.91 Å². The van der Waals surface area contributed by atoms with Crippen LogP contribution >= 0.6 is 0 Å². The second-order valence-electron chi connectivity index (χ2n) is 7.83. The summed E-state index contributed by atoms with van der Waals surface area (Å²) in [4.78, 5) is 30.7. The van der Waals surface area contributed by atoms with Crippen LogP contribution in [-0.2, 0) is 16.1 Å². The van der Waals surface area contributed by atoms with Gasteiger partial charge in [-0.1, -0.05) is 25.3 Å². The molecule has 2 amide bonds. The molecular weight excluding hydrogens is 372 g/mol. The molecule has 29 heavy (non-hydrogen) atoms. The Kier molecular flexibility index (Phi) is 6.81. The molecule has 1 aromatic rings. The van der Waals surface area contributed by atoms with Crippen molar-refractivity contribution in [2.24, 2.45) is 5.73 Å². The van der Waals surface area contributed by atoms with Gasteiger partial charge in [0.1, 0.15) is 11.5 Å². The Labute approximate surface area is 170 Å². The lowest BCUT2D eigenvalue weighted by Crippen LogP contribution is -2.59. The summed E-state index contributed by atoms with van der Waals surface area (Å²) >= 11 is 0. The van der Waals surface area contributed by atoms with E-state index >= 15 is 0 Å². The normalized spacial score (nSPS) is 22.4. The fourth-order valence-electron chi connectivity index (χ4n) is 4.02. The number of rotatable bonds is 7. The summed E-state index contributed by atoms with van der Waals surface area (Å²) in [5.74, 6) is -0.966. The van der Waals surface area contributed by atoms with Gasteiger partial charge in [-0.2, -0.15) is 0 Å². The number of nitrogen functional groups attached to an aromatic ring is 1. The van der Waals surface area contributed by atoms with Crippen LogP contribution in [0.3, 0.4) is 0 Å². The van der Waals surface area contributed by atoms with Crippen molar-refractivity contribution in [2.75, 3.05) is 13.1 Å². The van der Waals surface area contributed by atoms with Crippen LogP contribution in [0.4, 0.5) is 0 Å². The van der Waals surface area contributed by atoms with Crippen molar-refractivity contribution in [3.8, 4) is 0 Å². The Morgan fingerprint density at radius 2 is 2.03 bits per heavy atom. The fraction of sp³-hybridized carbons (Fsp3) is 0.600. The number of carbonyl (C=O) groups excluding carboxylic acids is 2. The number of carbonyl (C=O) groups is 2. The van der Waals surface area contributed by atoms with Gasteiger partial charge in [0, 0.05) is 31.7 Å². The molecule has 9 nitrogen and oxygen atoms in total. The van der Waals surface area contributed by atoms with Gasteiger partial charge in [0.2, 0.25) is 11.6 Å². The smallest absolute Gasteiger partial charge is 0.273 e. The van der Waals surface area contributed by atoms with Crippen molar-refractivity contribution >= 4 is 17.6 Å². The van der Waals surface area contributed by atoms with E-state index in [1.165, 1.54) is 30.4 Å². The van der Waals surface area contributed by atoms with E-state index in [-0.39, 0.29) is 31.3 Å². The third kappa shape index (κ3) is 5.10. The average molecular weight is 402 g/mol. The first-order chi connectivity index (χ1) is 13.9. The lowest BCUT2D eigenvalue weighted by atomic mass is 9.95. The molecule has 1 saturated carbocycles. The maximum Gasteiger partial charge on any atom is 0.273 e. The van der Waals surface area contributed by atoms with E-state index in [4.69, 9.17) is 11.1 Å². The zero-order valence-corrected chi connectivity index (χ0v) is 16.6. The summed E-state index contributed by atoms with van der Waals surface area (Å²) in [6, 6.07) is 3.64. The monoisotopic (exact) mass is 402 g/mol. The number of aromatic nitrogens is 1. The maximum absolute atomic E-state index is 12.7. The van der Waals surface area contributed by atoms with Crippen LogP contribution in [0, 0.1) is 5.41 Å². The molecule has 1 atom stereocenters. The number of pyridine rings is 1. The number of nitrogens with one attached hydrogen (secondary N) is 3. The van der Waals surface area contributed by atoms with E-state index in [0.717, 1.165) is 12.8 Å². The molecule has 158 valence electrons. The summed E-state index contributed by atoms with van der Waals surface area (Å²) in [5.41, 5.74) is 4.62. The molecule has 1 aromatic heterocycles. The highest BCUT2D eigenvalue weighted by atomic mass is 16.3. The summed E-state index contributed by atoms with van der Waals surface area (Å²) in [5, 5.41) is 24.2.